The number of imidazole rings is 1. The van der Waals surface area contributed by atoms with Crippen LogP contribution in [0.1, 0.15) is 23.6 Å². The minimum absolute atomic E-state index is 0.0535. The first kappa shape index (κ1) is 19.6. The Morgan fingerprint density at radius 1 is 1.20 bits per heavy atom. The number of ether oxygens (including phenoxy) is 2. The van der Waals surface area contributed by atoms with E-state index in [0.29, 0.717) is 28.5 Å². The third kappa shape index (κ3) is 3.76. The van der Waals surface area contributed by atoms with Gasteiger partial charge in [0, 0.05) is 18.0 Å². The highest BCUT2D eigenvalue weighted by molar-refractivity contribution is 5.94. The van der Waals surface area contributed by atoms with E-state index in [1.165, 1.54) is 43.8 Å². The maximum atomic E-state index is 12.4. The molecule has 2 N–H and O–H groups in total. The second-order valence-electron chi connectivity index (χ2n) is 6.63. The lowest BCUT2D eigenvalue weighted by Crippen LogP contribution is -2.24. The fraction of sp³-hybridized carbons (Fsp3) is 0.200. The largest absolute Gasteiger partial charge is 0.573 e. The van der Waals surface area contributed by atoms with Crippen LogP contribution in [-0.2, 0) is 4.79 Å². The van der Waals surface area contributed by atoms with Crippen molar-refractivity contribution in [3.63, 3.8) is 0 Å². The molecule has 7 nitrogen and oxygen atoms in total. The summed E-state index contributed by atoms with van der Waals surface area (Å²) in [6.07, 6.45) is -3.17. The Balaban J connectivity index is 1.68. The van der Waals surface area contributed by atoms with Gasteiger partial charge in [-0.05, 0) is 42.0 Å². The number of amides is 1. The number of carbonyl (C=O) groups excluding carboxylic acids is 1. The number of alkyl halides is 3. The molecule has 0 bridgehead atoms. The summed E-state index contributed by atoms with van der Waals surface area (Å²) in [5.41, 5.74) is 1.76. The first-order valence-corrected chi connectivity index (χ1v) is 8.85. The van der Waals surface area contributed by atoms with Crippen molar-refractivity contribution in [3.05, 3.63) is 60.0 Å². The Morgan fingerprint density at radius 3 is 2.57 bits per heavy atom. The molecule has 156 valence electrons. The number of aromatic nitrogens is 2. The predicted molar refractivity (Wildman–Crippen MR) is 100.0 cm³/mol. The molecule has 1 aliphatic rings. The number of benzene rings is 2. The van der Waals surface area contributed by atoms with Gasteiger partial charge in [0.15, 0.2) is 11.5 Å². The molecule has 0 radical (unpaired) electrons. The van der Waals surface area contributed by atoms with E-state index in [1.807, 2.05) is 0 Å². The van der Waals surface area contributed by atoms with Crippen LogP contribution in [0.15, 0.2) is 48.8 Å². The summed E-state index contributed by atoms with van der Waals surface area (Å²) < 4.78 is 47.6. The van der Waals surface area contributed by atoms with Crippen molar-refractivity contribution in [2.75, 3.05) is 12.4 Å². The number of halogens is 3. The van der Waals surface area contributed by atoms with E-state index >= 15 is 0 Å². The number of fused-ring (bicyclic) bond motifs is 1. The second kappa shape index (κ2) is 7.29. The third-order valence-electron chi connectivity index (χ3n) is 4.73. The molecule has 1 aromatic heterocycles. The van der Waals surface area contributed by atoms with Gasteiger partial charge in [-0.2, -0.15) is 0 Å². The fourth-order valence-corrected chi connectivity index (χ4v) is 3.41. The van der Waals surface area contributed by atoms with Crippen LogP contribution in [0, 0.1) is 0 Å². The number of methoxy groups -OCH3 is 1. The van der Waals surface area contributed by atoms with Gasteiger partial charge in [-0.25, -0.2) is 4.98 Å². The Hall–Kier alpha value is -3.69. The molecule has 0 aliphatic carbocycles. The van der Waals surface area contributed by atoms with Gasteiger partial charge in [0.2, 0.25) is 5.91 Å². The van der Waals surface area contributed by atoms with Gasteiger partial charge in [-0.3, -0.25) is 9.36 Å². The lowest BCUT2D eigenvalue weighted by Gasteiger charge is -2.23. The minimum Gasteiger partial charge on any atom is -0.504 e. The lowest BCUT2D eigenvalue weighted by atomic mass is 9.89. The SMILES string of the molecule is COc1ccc([C@H]2CC(=O)Nc3c2ncn3-c2ccc(OC(F)(F)F)cc2)cc1O. The van der Waals surface area contributed by atoms with E-state index in [4.69, 9.17) is 4.74 Å². The van der Waals surface area contributed by atoms with Crippen molar-refractivity contribution in [1.82, 2.24) is 9.55 Å². The molecule has 4 rings (SSSR count). The van der Waals surface area contributed by atoms with Crippen molar-refractivity contribution in [1.29, 1.82) is 0 Å². The van der Waals surface area contributed by atoms with Crippen molar-refractivity contribution in [2.24, 2.45) is 0 Å². The molecule has 1 amide bonds. The van der Waals surface area contributed by atoms with Crippen LogP contribution >= 0.6 is 0 Å². The average Bonchev–Trinajstić information content (AvgIpc) is 3.10. The Morgan fingerprint density at radius 2 is 1.93 bits per heavy atom. The van der Waals surface area contributed by atoms with Crippen LogP contribution in [0.4, 0.5) is 19.0 Å². The zero-order chi connectivity index (χ0) is 21.5. The zero-order valence-corrected chi connectivity index (χ0v) is 15.6. The molecule has 0 saturated heterocycles. The first-order chi connectivity index (χ1) is 14.2. The molecule has 1 aliphatic heterocycles. The highest BCUT2D eigenvalue weighted by atomic mass is 19.4. The number of hydrogen-bond donors (Lipinski definition) is 2. The van der Waals surface area contributed by atoms with Crippen LogP contribution in [0.2, 0.25) is 0 Å². The van der Waals surface area contributed by atoms with Gasteiger partial charge < -0.3 is 19.9 Å². The average molecular weight is 419 g/mol. The molecule has 0 saturated carbocycles. The highest BCUT2D eigenvalue weighted by Crippen LogP contribution is 2.40. The zero-order valence-electron chi connectivity index (χ0n) is 15.6. The van der Waals surface area contributed by atoms with E-state index < -0.39 is 12.3 Å². The Labute approximate surface area is 168 Å². The van der Waals surface area contributed by atoms with Gasteiger partial charge in [0.1, 0.15) is 17.9 Å². The molecule has 3 aromatic rings. The number of aromatic hydroxyl groups is 1. The van der Waals surface area contributed by atoms with Crippen LogP contribution in [-0.4, -0.2) is 34.0 Å². The Bertz CT molecular complexity index is 1090. The van der Waals surface area contributed by atoms with E-state index in [1.54, 1.807) is 16.7 Å². The van der Waals surface area contributed by atoms with E-state index in [9.17, 15) is 23.1 Å². The Kier molecular flexibility index (Phi) is 4.76. The smallest absolute Gasteiger partial charge is 0.504 e. The first-order valence-electron chi connectivity index (χ1n) is 8.85. The van der Waals surface area contributed by atoms with Crippen molar-refractivity contribution in [2.45, 2.75) is 18.7 Å². The summed E-state index contributed by atoms with van der Waals surface area (Å²) in [6.45, 7) is 0. The number of phenols is 1. The number of carbonyl (C=O) groups is 1. The predicted octanol–water partition coefficient (Wildman–Crippen LogP) is 3.96. The molecule has 0 spiro atoms. The fourth-order valence-electron chi connectivity index (χ4n) is 3.41. The standard InChI is InChI=1S/C20H16F3N3O4/c1-29-16-7-2-11(8-15(16)27)14-9-17(28)25-19-18(14)24-10-26(19)12-3-5-13(6-4-12)30-20(21,22)23/h2-8,10,14,27H,9H2,1H3,(H,25,28)/t14-/m1/s1. The van der Waals surface area contributed by atoms with Crippen molar-refractivity contribution >= 4 is 11.7 Å². The maximum Gasteiger partial charge on any atom is 0.573 e. The van der Waals surface area contributed by atoms with Crippen LogP contribution in [0.3, 0.4) is 0 Å². The highest BCUT2D eigenvalue weighted by Gasteiger charge is 2.32. The summed E-state index contributed by atoms with van der Waals surface area (Å²) in [4.78, 5) is 16.7. The third-order valence-corrected chi connectivity index (χ3v) is 4.73. The molecular weight excluding hydrogens is 403 g/mol. The summed E-state index contributed by atoms with van der Waals surface area (Å²) in [5, 5.41) is 12.8. The van der Waals surface area contributed by atoms with Gasteiger partial charge in [0.25, 0.3) is 0 Å². The van der Waals surface area contributed by atoms with Gasteiger partial charge in [-0.1, -0.05) is 6.07 Å². The van der Waals surface area contributed by atoms with Crippen molar-refractivity contribution in [3.8, 4) is 22.9 Å². The summed E-state index contributed by atoms with van der Waals surface area (Å²) in [6, 6.07) is 10.1. The van der Waals surface area contributed by atoms with Crippen LogP contribution in [0.25, 0.3) is 5.69 Å². The van der Waals surface area contributed by atoms with E-state index in [0.717, 1.165) is 0 Å². The number of nitrogens with zero attached hydrogens (tertiary/aromatic N) is 2. The van der Waals surface area contributed by atoms with Crippen molar-refractivity contribution < 1.29 is 32.5 Å². The molecule has 2 heterocycles. The van der Waals surface area contributed by atoms with E-state index in [2.05, 4.69) is 15.0 Å². The van der Waals surface area contributed by atoms with Gasteiger partial charge in [-0.15, -0.1) is 13.2 Å². The molecule has 2 aromatic carbocycles. The molecule has 30 heavy (non-hydrogen) atoms. The number of hydrogen-bond acceptors (Lipinski definition) is 5. The topological polar surface area (TPSA) is 85.6 Å². The van der Waals surface area contributed by atoms with Gasteiger partial charge >= 0.3 is 6.36 Å². The quantitative estimate of drug-likeness (QED) is 0.669. The number of phenolic OH excluding ortho intramolecular Hbond substituents is 1. The molecule has 0 unspecified atom stereocenters. The second-order valence-corrected chi connectivity index (χ2v) is 6.63. The molecule has 0 fully saturated rings. The van der Waals surface area contributed by atoms with E-state index in [-0.39, 0.29) is 23.8 Å². The molecular formula is C20H16F3N3O4. The van der Waals surface area contributed by atoms with Gasteiger partial charge in [0.05, 0.1) is 12.8 Å². The number of nitrogens with one attached hydrogen (secondary N) is 1. The summed E-state index contributed by atoms with van der Waals surface area (Å²) in [5.74, 6) is -0.332. The van der Waals surface area contributed by atoms with Crippen LogP contribution in [0.5, 0.6) is 17.2 Å². The summed E-state index contributed by atoms with van der Waals surface area (Å²) in [7, 11) is 1.44. The number of rotatable bonds is 4. The minimum atomic E-state index is -4.78. The lowest BCUT2D eigenvalue weighted by molar-refractivity contribution is -0.274. The van der Waals surface area contributed by atoms with Crippen LogP contribution < -0.4 is 14.8 Å². The monoisotopic (exact) mass is 419 g/mol. The number of anilines is 1. The summed E-state index contributed by atoms with van der Waals surface area (Å²) >= 11 is 0. The molecule has 10 heteroatoms. The molecule has 1 atom stereocenters. The maximum absolute atomic E-state index is 12.4. The normalized spacial score (nSPS) is 16.0.